The number of hydrogen-bond acceptors (Lipinski definition) is 4. The summed E-state index contributed by atoms with van der Waals surface area (Å²) in [5.41, 5.74) is 3.19. The van der Waals surface area contributed by atoms with Crippen LogP contribution in [0.2, 0.25) is 0 Å². The maximum atomic E-state index is 12.7. The van der Waals surface area contributed by atoms with Gasteiger partial charge in [-0.05, 0) is 18.2 Å². The summed E-state index contributed by atoms with van der Waals surface area (Å²) in [4.78, 5) is 30.0. The second-order valence-electron chi connectivity index (χ2n) is 6.41. The van der Waals surface area contributed by atoms with Crippen LogP contribution in [0.15, 0.2) is 78.0 Å². The van der Waals surface area contributed by atoms with E-state index in [0.29, 0.717) is 11.1 Å². The molecular formula is C22H14N2O3. The first-order valence-electron chi connectivity index (χ1n) is 8.62. The molecule has 5 heteroatoms. The summed E-state index contributed by atoms with van der Waals surface area (Å²) in [6, 6.07) is 22.3. The summed E-state index contributed by atoms with van der Waals surface area (Å²) in [6.45, 7) is 0.169. The molecule has 1 aliphatic rings. The molecule has 27 heavy (non-hydrogen) atoms. The fourth-order valence-electron chi connectivity index (χ4n) is 3.65. The van der Waals surface area contributed by atoms with E-state index >= 15 is 0 Å². The van der Waals surface area contributed by atoms with Gasteiger partial charge in [0, 0.05) is 21.9 Å². The van der Waals surface area contributed by atoms with Gasteiger partial charge in [-0.1, -0.05) is 59.8 Å². The maximum Gasteiger partial charge on any atom is 0.365 e. The largest absolute Gasteiger partial charge is 0.365 e. The van der Waals surface area contributed by atoms with Crippen LogP contribution < -0.4 is 0 Å². The normalized spacial score (nSPS) is 14.8. The number of carbonyl (C=O) groups is 2. The van der Waals surface area contributed by atoms with Crippen molar-refractivity contribution in [2.45, 2.75) is 6.54 Å². The molecule has 0 N–H and O–H groups in total. The molecule has 2 heterocycles. The van der Waals surface area contributed by atoms with E-state index in [1.165, 1.54) is 0 Å². The molecule has 5 nitrogen and oxygen atoms in total. The van der Waals surface area contributed by atoms with Crippen molar-refractivity contribution < 1.29 is 14.4 Å². The zero-order chi connectivity index (χ0) is 18.4. The molecule has 4 aromatic rings. The Labute approximate surface area is 154 Å². The lowest BCUT2D eigenvalue weighted by molar-refractivity contribution is -0.113. The Hall–Kier alpha value is -3.73. The number of ketones is 1. The molecule has 0 amide bonds. The lowest BCUT2D eigenvalue weighted by atomic mass is 10.00. The number of hydrogen-bond donors (Lipinski definition) is 0. The minimum absolute atomic E-state index is 0.169. The number of benzene rings is 3. The summed E-state index contributed by atoms with van der Waals surface area (Å²) in [6.07, 6.45) is 0. The molecule has 1 aromatic heterocycles. The molecular weight excluding hydrogens is 340 g/mol. The molecule has 0 unspecified atom stereocenters. The van der Waals surface area contributed by atoms with Crippen LogP contribution in [0.1, 0.15) is 15.9 Å². The van der Waals surface area contributed by atoms with E-state index in [4.69, 9.17) is 4.84 Å². The highest BCUT2D eigenvalue weighted by molar-refractivity contribution is 6.49. The van der Waals surface area contributed by atoms with Crippen molar-refractivity contribution in [2.75, 3.05) is 0 Å². The van der Waals surface area contributed by atoms with Crippen LogP contribution in [0.5, 0.6) is 0 Å². The van der Waals surface area contributed by atoms with Crippen LogP contribution >= 0.6 is 0 Å². The summed E-state index contributed by atoms with van der Waals surface area (Å²) >= 11 is 0. The third-order valence-corrected chi connectivity index (χ3v) is 4.84. The van der Waals surface area contributed by atoms with E-state index in [1.54, 1.807) is 24.3 Å². The van der Waals surface area contributed by atoms with Gasteiger partial charge in [0.25, 0.3) is 0 Å². The van der Waals surface area contributed by atoms with Crippen molar-refractivity contribution in [3.05, 3.63) is 83.9 Å². The Balaban J connectivity index is 1.64. The first-order valence-corrected chi connectivity index (χ1v) is 8.62. The molecule has 0 spiro atoms. The van der Waals surface area contributed by atoms with E-state index in [9.17, 15) is 9.59 Å². The number of para-hydroxylation sites is 2. The third-order valence-electron chi connectivity index (χ3n) is 4.84. The number of carbonyl (C=O) groups excluding carboxylic acids is 2. The standard InChI is InChI=1S/C22H14N2O3/c25-19-13-24-18-12-5-4-9-15(18)16-10-6-11-17(21(16)24)20(19)23-27-22(26)14-7-2-1-3-8-14/h1-12H,13H2/b23-20-. The molecule has 5 rings (SSSR count). The first kappa shape index (κ1) is 15.5. The van der Waals surface area contributed by atoms with Crippen LogP contribution in [-0.2, 0) is 16.2 Å². The van der Waals surface area contributed by atoms with Crippen LogP contribution in [0.25, 0.3) is 21.8 Å². The van der Waals surface area contributed by atoms with E-state index in [0.717, 1.165) is 21.8 Å². The van der Waals surface area contributed by atoms with Gasteiger partial charge in [0.2, 0.25) is 5.78 Å². The third kappa shape index (κ3) is 2.36. The fourth-order valence-corrected chi connectivity index (χ4v) is 3.65. The Morgan fingerprint density at radius 1 is 0.889 bits per heavy atom. The molecule has 0 saturated carbocycles. The maximum absolute atomic E-state index is 12.7. The molecule has 0 aliphatic carbocycles. The van der Waals surface area contributed by atoms with Crippen molar-refractivity contribution in [3.63, 3.8) is 0 Å². The average Bonchev–Trinajstić information content (AvgIpc) is 3.03. The van der Waals surface area contributed by atoms with Gasteiger partial charge < -0.3 is 9.40 Å². The van der Waals surface area contributed by atoms with Gasteiger partial charge >= 0.3 is 5.97 Å². The highest BCUT2D eigenvalue weighted by Crippen LogP contribution is 2.33. The molecule has 1 aliphatic heterocycles. The second kappa shape index (κ2) is 5.92. The minimum Gasteiger partial charge on any atom is -0.332 e. The number of fused-ring (bicyclic) bond motifs is 3. The molecule has 0 fully saturated rings. The van der Waals surface area contributed by atoms with Crippen LogP contribution in [0.3, 0.4) is 0 Å². The van der Waals surface area contributed by atoms with Crippen molar-refractivity contribution in [1.82, 2.24) is 4.57 Å². The van der Waals surface area contributed by atoms with Gasteiger partial charge in [0.05, 0.1) is 17.6 Å². The van der Waals surface area contributed by atoms with Crippen LogP contribution in [0.4, 0.5) is 0 Å². The zero-order valence-electron chi connectivity index (χ0n) is 14.3. The van der Waals surface area contributed by atoms with Gasteiger partial charge in [0.1, 0.15) is 0 Å². The van der Waals surface area contributed by atoms with E-state index in [2.05, 4.69) is 5.16 Å². The van der Waals surface area contributed by atoms with Crippen LogP contribution in [-0.4, -0.2) is 22.0 Å². The van der Waals surface area contributed by atoms with Gasteiger partial charge in [-0.25, -0.2) is 4.79 Å². The molecule has 3 aromatic carbocycles. The molecule has 0 atom stereocenters. The lowest BCUT2D eigenvalue weighted by Crippen LogP contribution is -2.27. The number of Topliss-reactive ketones (excluding diaryl/α,β-unsaturated/α-hetero) is 1. The quantitative estimate of drug-likeness (QED) is 0.405. The molecule has 0 saturated heterocycles. The smallest absolute Gasteiger partial charge is 0.332 e. The Morgan fingerprint density at radius 3 is 2.48 bits per heavy atom. The van der Waals surface area contributed by atoms with Crippen molar-refractivity contribution in [3.8, 4) is 0 Å². The van der Waals surface area contributed by atoms with Gasteiger partial charge in [-0.2, -0.15) is 0 Å². The molecule has 0 bridgehead atoms. The van der Waals surface area contributed by atoms with E-state index in [1.807, 2.05) is 53.1 Å². The topological polar surface area (TPSA) is 60.7 Å². The number of nitrogens with zero attached hydrogens (tertiary/aromatic N) is 2. The minimum atomic E-state index is -0.589. The van der Waals surface area contributed by atoms with E-state index in [-0.39, 0.29) is 18.0 Å². The number of oxime groups is 1. The Bertz CT molecular complexity index is 1250. The Kier molecular flexibility index (Phi) is 3.40. The highest BCUT2D eigenvalue weighted by atomic mass is 16.7. The van der Waals surface area contributed by atoms with Gasteiger partial charge in [-0.3, -0.25) is 4.79 Å². The second-order valence-corrected chi connectivity index (χ2v) is 6.41. The number of rotatable bonds is 2. The summed E-state index contributed by atoms with van der Waals surface area (Å²) in [5, 5.41) is 6.08. The predicted molar refractivity (Wildman–Crippen MR) is 103 cm³/mol. The Morgan fingerprint density at radius 2 is 1.63 bits per heavy atom. The summed E-state index contributed by atoms with van der Waals surface area (Å²) in [5.74, 6) is -0.772. The van der Waals surface area contributed by atoms with E-state index < -0.39 is 5.97 Å². The van der Waals surface area contributed by atoms with Crippen LogP contribution in [0, 0.1) is 0 Å². The SMILES string of the molecule is O=C1Cn2c3ccccc3c3cccc(c32)/C1=N/OC(=O)c1ccccc1. The fraction of sp³-hybridized carbons (Fsp3) is 0.0455. The van der Waals surface area contributed by atoms with Crippen molar-refractivity contribution in [1.29, 1.82) is 0 Å². The summed E-state index contributed by atoms with van der Waals surface area (Å²) in [7, 11) is 0. The lowest BCUT2D eigenvalue weighted by Gasteiger charge is -2.16. The monoisotopic (exact) mass is 354 g/mol. The zero-order valence-corrected chi connectivity index (χ0v) is 14.3. The van der Waals surface area contributed by atoms with Crippen molar-refractivity contribution in [2.24, 2.45) is 5.16 Å². The highest BCUT2D eigenvalue weighted by Gasteiger charge is 2.28. The van der Waals surface area contributed by atoms with Gasteiger partial charge in [0.15, 0.2) is 5.71 Å². The average molecular weight is 354 g/mol. The molecule has 130 valence electrons. The van der Waals surface area contributed by atoms with Crippen molar-refractivity contribution >= 4 is 39.3 Å². The van der Waals surface area contributed by atoms with Gasteiger partial charge in [-0.15, -0.1) is 0 Å². The summed E-state index contributed by atoms with van der Waals surface area (Å²) < 4.78 is 2.00. The molecule has 0 radical (unpaired) electrons. The first-order chi connectivity index (χ1) is 13.2. The predicted octanol–water partition coefficient (Wildman–Crippen LogP) is 3.94. The number of aromatic nitrogens is 1.